The van der Waals surface area contributed by atoms with Gasteiger partial charge in [0.25, 0.3) is 0 Å². The average molecular weight is 381 g/mol. The summed E-state index contributed by atoms with van der Waals surface area (Å²) in [7, 11) is 0. The Hall–Kier alpha value is -2.67. The number of nitrogens with zero attached hydrogens (tertiary/aromatic N) is 1. The molecule has 0 saturated carbocycles. The number of amides is 2. The van der Waals surface area contributed by atoms with Crippen molar-refractivity contribution in [3.63, 3.8) is 0 Å². The van der Waals surface area contributed by atoms with Crippen molar-refractivity contribution in [2.75, 3.05) is 16.8 Å². The molecule has 1 atom stereocenters. The van der Waals surface area contributed by atoms with E-state index in [1.165, 1.54) is 23.1 Å². The summed E-state index contributed by atoms with van der Waals surface area (Å²) >= 11 is 6.11. The number of hydrogen-bond donors (Lipinski definition) is 1. The van der Waals surface area contributed by atoms with Gasteiger partial charge in [-0.2, -0.15) is 8.78 Å². The molecule has 2 aromatic rings. The third-order valence-electron chi connectivity index (χ3n) is 4.00. The Kier molecular flexibility index (Phi) is 5.37. The third-order valence-corrected chi connectivity index (χ3v) is 4.32. The van der Waals surface area contributed by atoms with Crippen LogP contribution in [0.25, 0.3) is 0 Å². The minimum absolute atomic E-state index is 0.00886. The van der Waals surface area contributed by atoms with Gasteiger partial charge in [0.05, 0.1) is 22.3 Å². The minimum atomic E-state index is -3.00. The van der Waals surface area contributed by atoms with E-state index in [1.807, 2.05) is 0 Å². The predicted octanol–water partition coefficient (Wildman–Crippen LogP) is 3.93. The maximum Gasteiger partial charge on any atom is 0.387 e. The molecule has 0 aliphatic carbocycles. The molecule has 136 valence electrons. The molecule has 0 radical (unpaired) electrons. The van der Waals surface area contributed by atoms with Crippen LogP contribution < -0.4 is 15.0 Å². The van der Waals surface area contributed by atoms with Gasteiger partial charge >= 0.3 is 6.61 Å². The van der Waals surface area contributed by atoms with Crippen molar-refractivity contribution >= 4 is 34.8 Å². The first-order chi connectivity index (χ1) is 12.5. The molecule has 0 spiro atoms. The van der Waals surface area contributed by atoms with Crippen molar-refractivity contribution < 1.29 is 23.1 Å². The third kappa shape index (κ3) is 3.94. The summed E-state index contributed by atoms with van der Waals surface area (Å²) in [6.45, 7) is -2.84. The van der Waals surface area contributed by atoms with Crippen LogP contribution in [0.4, 0.5) is 20.2 Å². The molecule has 1 N–H and O–H groups in total. The van der Waals surface area contributed by atoms with Crippen LogP contribution in [-0.4, -0.2) is 25.0 Å². The number of rotatable bonds is 5. The zero-order valence-electron chi connectivity index (χ0n) is 13.5. The molecule has 1 saturated heterocycles. The highest BCUT2D eigenvalue weighted by atomic mass is 35.5. The highest BCUT2D eigenvalue weighted by molar-refractivity contribution is 6.33. The smallest absolute Gasteiger partial charge is 0.387 e. The molecule has 1 heterocycles. The Morgan fingerprint density at radius 2 is 1.88 bits per heavy atom. The van der Waals surface area contributed by atoms with Crippen LogP contribution in [0.2, 0.25) is 5.02 Å². The first kappa shape index (κ1) is 18.1. The number of halogens is 3. The number of alkyl halides is 2. The molecule has 0 aromatic heterocycles. The van der Waals surface area contributed by atoms with E-state index in [0.29, 0.717) is 10.7 Å². The number of anilines is 2. The van der Waals surface area contributed by atoms with Crippen LogP contribution in [0.1, 0.15) is 6.42 Å². The molecule has 26 heavy (non-hydrogen) atoms. The van der Waals surface area contributed by atoms with Crippen LogP contribution in [0.15, 0.2) is 48.5 Å². The maximum absolute atomic E-state index is 12.5. The van der Waals surface area contributed by atoms with Gasteiger partial charge < -0.3 is 15.0 Å². The van der Waals surface area contributed by atoms with E-state index in [9.17, 15) is 18.4 Å². The lowest BCUT2D eigenvalue weighted by Crippen LogP contribution is -2.28. The molecule has 1 aliphatic heterocycles. The van der Waals surface area contributed by atoms with Gasteiger partial charge in [0.15, 0.2) is 0 Å². The predicted molar refractivity (Wildman–Crippen MR) is 93.6 cm³/mol. The quantitative estimate of drug-likeness (QED) is 0.855. The summed E-state index contributed by atoms with van der Waals surface area (Å²) in [5.74, 6) is -1.44. The van der Waals surface area contributed by atoms with Crippen LogP contribution in [-0.2, 0) is 9.59 Å². The Bertz CT molecular complexity index is 832. The lowest BCUT2D eigenvalue weighted by molar-refractivity contribution is -0.122. The number of carbonyl (C=O) groups excluding carboxylic acids is 2. The van der Waals surface area contributed by atoms with Gasteiger partial charge in [-0.25, -0.2) is 0 Å². The molecular formula is C18H15ClF2N2O3. The summed E-state index contributed by atoms with van der Waals surface area (Å²) in [5, 5.41) is 2.97. The number of hydrogen-bond acceptors (Lipinski definition) is 3. The summed E-state index contributed by atoms with van der Waals surface area (Å²) < 4.78 is 29.3. The standard InChI is InChI=1S/C18H15ClF2N2O3/c19-12-5-1-3-7-14(12)23-10-11(9-16(23)24)17(25)22-13-6-2-4-8-15(13)26-18(20)21/h1-8,11,18H,9-10H2,(H,22,25)/t11-/m0/s1. The Morgan fingerprint density at radius 3 is 2.62 bits per heavy atom. The van der Waals surface area contributed by atoms with Crippen LogP contribution in [0, 0.1) is 5.92 Å². The number of para-hydroxylation sites is 3. The van der Waals surface area contributed by atoms with Gasteiger partial charge in [0.1, 0.15) is 5.75 Å². The summed E-state index contributed by atoms with van der Waals surface area (Å²) in [6.07, 6.45) is 0.00886. The van der Waals surface area contributed by atoms with Crippen molar-refractivity contribution in [1.29, 1.82) is 0 Å². The Labute approximate surface area is 153 Å². The second-order valence-electron chi connectivity index (χ2n) is 5.72. The first-order valence-corrected chi connectivity index (χ1v) is 8.23. The lowest BCUT2D eigenvalue weighted by atomic mass is 10.1. The molecule has 2 amide bonds. The zero-order valence-corrected chi connectivity index (χ0v) is 14.2. The van der Waals surface area contributed by atoms with Crippen molar-refractivity contribution in [2.45, 2.75) is 13.0 Å². The van der Waals surface area contributed by atoms with E-state index in [2.05, 4.69) is 10.1 Å². The molecule has 1 fully saturated rings. The molecule has 0 bridgehead atoms. The lowest BCUT2D eigenvalue weighted by Gasteiger charge is -2.18. The van der Waals surface area contributed by atoms with Crippen LogP contribution in [0.5, 0.6) is 5.75 Å². The van der Waals surface area contributed by atoms with Crippen molar-refractivity contribution in [2.24, 2.45) is 5.92 Å². The minimum Gasteiger partial charge on any atom is -0.433 e. The van der Waals surface area contributed by atoms with Gasteiger partial charge in [0, 0.05) is 13.0 Å². The topological polar surface area (TPSA) is 58.6 Å². The van der Waals surface area contributed by atoms with Gasteiger partial charge in [0.2, 0.25) is 11.8 Å². The largest absolute Gasteiger partial charge is 0.433 e. The van der Waals surface area contributed by atoms with Gasteiger partial charge in [-0.05, 0) is 24.3 Å². The van der Waals surface area contributed by atoms with Gasteiger partial charge in [-0.3, -0.25) is 9.59 Å². The Morgan fingerprint density at radius 1 is 1.19 bits per heavy atom. The van der Waals surface area contributed by atoms with E-state index >= 15 is 0 Å². The van der Waals surface area contributed by atoms with Gasteiger partial charge in [-0.1, -0.05) is 35.9 Å². The molecule has 0 unspecified atom stereocenters. The van der Waals surface area contributed by atoms with Crippen LogP contribution in [0.3, 0.4) is 0 Å². The monoisotopic (exact) mass is 380 g/mol. The second-order valence-corrected chi connectivity index (χ2v) is 6.13. The maximum atomic E-state index is 12.5. The molecule has 5 nitrogen and oxygen atoms in total. The average Bonchev–Trinajstić information content (AvgIpc) is 2.98. The van der Waals surface area contributed by atoms with Crippen molar-refractivity contribution in [3.05, 3.63) is 53.6 Å². The molecule has 3 rings (SSSR count). The second kappa shape index (κ2) is 7.70. The number of ether oxygens (including phenoxy) is 1. The summed E-state index contributed by atoms with van der Waals surface area (Å²) in [4.78, 5) is 26.2. The molecule has 2 aromatic carbocycles. The highest BCUT2D eigenvalue weighted by Gasteiger charge is 2.36. The number of nitrogens with one attached hydrogen (secondary N) is 1. The van der Waals surface area contributed by atoms with Gasteiger partial charge in [-0.15, -0.1) is 0 Å². The first-order valence-electron chi connectivity index (χ1n) is 7.85. The van der Waals surface area contributed by atoms with Crippen molar-refractivity contribution in [1.82, 2.24) is 0 Å². The van der Waals surface area contributed by atoms with E-state index in [4.69, 9.17) is 11.6 Å². The van der Waals surface area contributed by atoms with E-state index in [-0.39, 0.29) is 30.3 Å². The molecule has 8 heteroatoms. The van der Waals surface area contributed by atoms with Crippen LogP contribution >= 0.6 is 11.6 Å². The normalized spacial score (nSPS) is 16.8. The zero-order chi connectivity index (χ0) is 18.7. The fraction of sp³-hybridized carbons (Fsp3) is 0.222. The summed E-state index contributed by atoms with van der Waals surface area (Å²) in [5.41, 5.74) is 0.664. The molecule has 1 aliphatic rings. The van der Waals surface area contributed by atoms with E-state index < -0.39 is 18.4 Å². The van der Waals surface area contributed by atoms with E-state index in [1.54, 1.807) is 30.3 Å². The number of benzene rings is 2. The molecular weight excluding hydrogens is 366 g/mol. The van der Waals surface area contributed by atoms with Crippen molar-refractivity contribution in [3.8, 4) is 5.75 Å². The summed E-state index contributed by atoms with van der Waals surface area (Å²) in [6, 6.07) is 12.8. The Balaban J connectivity index is 1.72. The number of carbonyl (C=O) groups is 2. The fourth-order valence-corrected chi connectivity index (χ4v) is 3.03. The van der Waals surface area contributed by atoms with E-state index in [0.717, 1.165) is 0 Å². The highest BCUT2D eigenvalue weighted by Crippen LogP contribution is 2.32. The SMILES string of the molecule is O=C(Nc1ccccc1OC(F)F)[C@H]1CC(=O)N(c2ccccc2Cl)C1. The fourth-order valence-electron chi connectivity index (χ4n) is 2.79.